The van der Waals surface area contributed by atoms with E-state index in [-0.39, 0.29) is 5.69 Å². The van der Waals surface area contributed by atoms with Gasteiger partial charge in [0.05, 0.1) is 5.69 Å². The van der Waals surface area contributed by atoms with E-state index in [2.05, 4.69) is 25.9 Å². The van der Waals surface area contributed by atoms with Crippen LogP contribution < -0.4 is 5.56 Å². The molecule has 0 aliphatic rings. The van der Waals surface area contributed by atoms with Crippen molar-refractivity contribution in [1.82, 2.24) is 9.97 Å². The lowest BCUT2D eigenvalue weighted by Crippen LogP contribution is -2.17. The van der Waals surface area contributed by atoms with Crippen molar-refractivity contribution in [1.29, 1.82) is 0 Å². The fraction of sp³-hybridized carbons (Fsp3) is 0.167. The van der Waals surface area contributed by atoms with Gasteiger partial charge >= 0.3 is 0 Å². The second-order valence-corrected chi connectivity index (χ2v) is 4.63. The first-order valence-corrected chi connectivity index (χ1v) is 5.85. The minimum Gasteiger partial charge on any atom is -0.308 e. The highest BCUT2D eigenvalue weighted by molar-refractivity contribution is 9.10. The molecule has 0 saturated carbocycles. The summed E-state index contributed by atoms with van der Waals surface area (Å²) in [6.45, 7) is 1.48. The van der Waals surface area contributed by atoms with E-state index in [4.69, 9.17) is 0 Å². The quantitative estimate of drug-likeness (QED) is 0.926. The van der Waals surface area contributed by atoms with Crippen molar-refractivity contribution in [2.75, 3.05) is 0 Å². The molecule has 1 aromatic carbocycles. The van der Waals surface area contributed by atoms with Crippen LogP contribution in [0.5, 0.6) is 0 Å². The Labute approximate surface area is 106 Å². The van der Waals surface area contributed by atoms with Gasteiger partial charge in [-0.2, -0.15) is 4.39 Å². The van der Waals surface area contributed by atoms with Gasteiger partial charge in [0.25, 0.3) is 5.56 Å². The van der Waals surface area contributed by atoms with Crippen LogP contribution >= 0.6 is 15.9 Å². The standard InChI is InChI=1S/C12H10BrFN2O/c1-7-11(14)12(17)16-10(15-7)6-8-2-4-9(13)5-3-8/h2-5H,6H2,1H3,(H,15,16,17). The predicted molar refractivity (Wildman–Crippen MR) is 66.5 cm³/mol. The van der Waals surface area contributed by atoms with Crippen molar-refractivity contribution in [2.24, 2.45) is 0 Å². The van der Waals surface area contributed by atoms with Crippen molar-refractivity contribution in [2.45, 2.75) is 13.3 Å². The van der Waals surface area contributed by atoms with Gasteiger partial charge in [-0.05, 0) is 24.6 Å². The molecular weight excluding hydrogens is 287 g/mol. The number of halogens is 2. The SMILES string of the molecule is Cc1nc(Cc2ccc(Br)cc2)[nH]c(=O)c1F. The number of rotatable bonds is 2. The number of aromatic nitrogens is 2. The van der Waals surface area contributed by atoms with Gasteiger partial charge in [0.2, 0.25) is 5.82 Å². The summed E-state index contributed by atoms with van der Waals surface area (Å²) in [5.74, 6) is -0.347. The summed E-state index contributed by atoms with van der Waals surface area (Å²) >= 11 is 3.34. The fourth-order valence-electron chi connectivity index (χ4n) is 1.51. The van der Waals surface area contributed by atoms with Gasteiger partial charge in [-0.1, -0.05) is 28.1 Å². The lowest BCUT2D eigenvalue weighted by Gasteiger charge is -2.03. The van der Waals surface area contributed by atoms with Crippen molar-refractivity contribution in [3.63, 3.8) is 0 Å². The summed E-state index contributed by atoms with van der Waals surface area (Å²) in [6.07, 6.45) is 0.476. The van der Waals surface area contributed by atoms with E-state index < -0.39 is 11.4 Å². The van der Waals surface area contributed by atoms with Gasteiger partial charge in [-0.3, -0.25) is 4.79 Å². The molecule has 0 amide bonds. The highest BCUT2D eigenvalue weighted by Gasteiger charge is 2.07. The molecule has 88 valence electrons. The monoisotopic (exact) mass is 296 g/mol. The molecule has 5 heteroatoms. The molecule has 0 spiro atoms. The van der Waals surface area contributed by atoms with Gasteiger partial charge in [0, 0.05) is 10.9 Å². The molecule has 0 aliphatic heterocycles. The van der Waals surface area contributed by atoms with E-state index in [0.717, 1.165) is 10.0 Å². The lowest BCUT2D eigenvalue weighted by molar-refractivity contribution is 0.583. The van der Waals surface area contributed by atoms with Crippen LogP contribution in [-0.2, 0) is 6.42 Å². The molecule has 2 rings (SSSR count). The molecule has 1 N–H and O–H groups in total. The van der Waals surface area contributed by atoms with Crippen LogP contribution in [0.2, 0.25) is 0 Å². The van der Waals surface area contributed by atoms with E-state index in [9.17, 15) is 9.18 Å². The molecule has 3 nitrogen and oxygen atoms in total. The second kappa shape index (κ2) is 4.79. The number of nitrogens with one attached hydrogen (secondary N) is 1. The summed E-state index contributed by atoms with van der Waals surface area (Å²) < 4.78 is 14.1. The molecule has 0 radical (unpaired) electrons. The highest BCUT2D eigenvalue weighted by Crippen LogP contribution is 2.12. The van der Waals surface area contributed by atoms with Gasteiger partial charge in [-0.25, -0.2) is 4.98 Å². The van der Waals surface area contributed by atoms with E-state index in [0.29, 0.717) is 12.2 Å². The molecule has 1 aromatic heterocycles. The zero-order valence-electron chi connectivity index (χ0n) is 9.13. The van der Waals surface area contributed by atoms with Crippen molar-refractivity contribution in [3.8, 4) is 0 Å². The number of nitrogens with zero attached hydrogens (tertiary/aromatic N) is 1. The summed E-state index contributed by atoms with van der Waals surface area (Å²) in [6, 6.07) is 7.65. The number of hydrogen-bond donors (Lipinski definition) is 1. The second-order valence-electron chi connectivity index (χ2n) is 3.72. The van der Waals surface area contributed by atoms with Crippen LogP contribution in [0.4, 0.5) is 4.39 Å². The van der Waals surface area contributed by atoms with E-state index in [1.54, 1.807) is 0 Å². The Balaban J connectivity index is 2.30. The Morgan fingerprint density at radius 3 is 2.59 bits per heavy atom. The molecular formula is C12H10BrFN2O. The molecule has 1 heterocycles. The Bertz CT molecular complexity index is 592. The van der Waals surface area contributed by atoms with Gasteiger partial charge in [0.15, 0.2) is 0 Å². The third-order valence-corrected chi connectivity index (χ3v) is 2.89. The molecule has 2 aromatic rings. The maximum absolute atomic E-state index is 13.1. The van der Waals surface area contributed by atoms with Crippen LogP contribution in [0.1, 0.15) is 17.1 Å². The average Bonchev–Trinajstić information content (AvgIpc) is 2.29. The third kappa shape index (κ3) is 2.79. The third-order valence-electron chi connectivity index (χ3n) is 2.36. The summed E-state index contributed by atoms with van der Waals surface area (Å²) in [5.41, 5.74) is 0.410. The Hall–Kier alpha value is -1.49. The zero-order chi connectivity index (χ0) is 12.4. The first-order chi connectivity index (χ1) is 8.06. The molecule has 0 fully saturated rings. The Morgan fingerprint density at radius 1 is 1.35 bits per heavy atom. The average molecular weight is 297 g/mol. The smallest absolute Gasteiger partial charge is 0.287 e. The molecule has 0 bridgehead atoms. The molecule has 0 aliphatic carbocycles. The van der Waals surface area contributed by atoms with Crippen LogP contribution in [0.25, 0.3) is 0 Å². The maximum Gasteiger partial charge on any atom is 0.287 e. The van der Waals surface area contributed by atoms with Gasteiger partial charge in [0.1, 0.15) is 5.82 Å². The van der Waals surface area contributed by atoms with Crippen LogP contribution in [0.3, 0.4) is 0 Å². The molecule has 0 atom stereocenters. The van der Waals surface area contributed by atoms with Gasteiger partial charge < -0.3 is 4.98 Å². The number of aromatic amines is 1. The van der Waals surface area contributed by atoms with Crippen LogP contribution in [0, 0.1) is 12.7 Å². The lowest BCUT2D eigenvalue weighted by atomic mass is 10.1. The minimum atomic E-state index is -0.815. The fourth-order valence-corrected chi connectivity index (χ4v) is 1.77. The first kappa shape index (κ1) is 12.0. The summed E-state index contributed by atoms with van der Waals surface area (Å²) in [7, 11) is 0. The number of H-pyrrole nitrogens is 1. The van der Waals surface area contributed by atoms with E-state index in [1.165, 1.54) is 6.92 Å². The van der Waals surface area contributed by atoms with Crippen molar-refractivity contribution < 1.29 is 4.39 Å². The van der Waals surface area contributed by atoms with E-state index >= 15 is 0 Å². The van der Waals surface area contributed by atoms with Gasteiger partial charge in [-0.15, -0.1) is 0 Å². The van der Waals surface area contributed by atoms with Crippen molar-refractivity contribution in [3.05, 3.63) is 62.0 Å². The zero-order valence-corrected chi connectivity index (χ0v) is 10.7. The first-order valence-electron chi connectivity index (χ1n) is 5.06. The normalized spacial score (nSPS) is 10.5. The summed E-state index contributed by atoms with van der Waals surface area (Å²) in [5, 5.41) is 0. The number of hydrogen-bond acceptors (Lipinski definition) is 2. The highest BCUT2D eigenvalue weighted by atomic mass is 79.9. The predicted octanol–water partition coefficient (Wildman–Crippen LogP) is 2.57. The maximum atomic E-state index is 13.1. The topological polar surface area (TPSA) is 45.8 Å². The van der Waals surface area contributed by atoms with Crippen molar-refractivity contribution >= 4 is 15.9 Å². The van der Waals surface area contributed by atoms with Crippen LogP contribution in [-0.4, -0.2) is 9.97 Å². The molecule has 0 saturated heterocycles. The summed E-state index contributed by atoms with van der Waals surface area (Å²) in [4.78, 5) is 17.7. The largest absolute Gasteiger partial charge is 0.308 e. The number of aryl methyl sites for hydroxylation is 1. The Morgan fingerprint density at radius 2 is 2.00 bits per heavy atom. The van der Waals surface area contributed by atoms with E-state index in [1.807, 2.05) is 24.3 Å². The molecule has 17 heavy (non-hydrogen) atoms. The minimum absolute atomic E-state index is 0.126. The Kier molecular flexibility index (Phi) is 3.38. The van der Waals surface area contributed by atoms with Crippen LogP contribution in [0.15, 0.2) is 33.5 Å². The number of benzene rings is 1. The molecule has 0 unspecified atom stereocenters.